The predicted molar refractivity (Wildman–Crippen MR) is 167 cm³/mol. The zero-order valence-corrected chi connectivity index (χ0v) is 29.4. The van der Waals surface area contributed by atoms with Gasteiger partial charge in [-0.1, -0.05) is 0 Å². The second-order valence-corrected chi connectivity index (χ2v) is 18.0. The number of hydrogen-bond donors (Lipinski definition) is 9. The molecule has 6 rings (SSSR count). The molecule has 0 aromatic carbocycles. The summed E-state index contributed by atoms with van der Waals surface area (Å²) in [6, 6.07) is 0. The molecule has 0 amide bonds. The van der Waals surface area contributed by atoms with Gasteiger partial charge in [-0.2, -0.15) is 0 Å². The summed E-state index contributed by atoms with van der Waals surface area (Å²) in [7, 11) is -20.2. The number of aromatic nitrogens is 8. The van der Waals surface area contributed by atoms with Gasteiger partial charge in [0.1, 0.15) is 60.3 Å². The van der Waals surface area contributed by atoms with E-state index in [9.17, 15) is 53.7 Å². The third kappa shape index (κ3) is 8.17. The van der Waals surface area contributed by atoms with E-state index in [0.717, 1.165) is 12.7 Å². The fraction of sp³-hybridized carbons (Fsp3) is 0.524. The highest BCUT2D eigenvalue weighted by atomic mass is 31.3. The lowest BCUT2D eigenvalue weighted by molar-refractivity contribution is -0.200. The first-order valence-electron chi connectivity index (χ1n) is 14.4. The quantitative estimate of drug-likeness (QED) is 0.0578. The lowest BCUT2D eigenvalue weighted by Crippen LogP contribution is -2.33. The second kappa shape index (κ2) is 14.8. The van der Waals surface area contributed by atoms with Crippen LogP contribution in [0.1, 0.15) is 12.5 Å². The van der Waals surface area contributed by atoms with Crippen LogP contribution in [-0.2, 0) is 40.8 Å². The Morgan fingerprint density at radius 1 is 0.750 bits per heavy atom. The highest BCUT2D eigenvalue weighted by Gasteiger charge is 2.48. The second-order valence-electron chi connectivity index (χ2n) is 11.1. The number of imidazole rings is 2. The molecule has 0 radical (unpaired) electrons. The number of anilines is 2. The van der Waals surface area contributed by atoms with Crippen molar-refractivity contribution in [2.75, 3.05) is 30.6 Å². The van der Waals surface area contributed by atoms with E-state index < -0.39 is 99.8 Å². The van der Waals surface area contributed by atoms with Gasteiger partial charge in [0.15, 0.2) is 41.3 Å². The van der Waals surface area contributed by atoms with Gasteiger partial charge in [-0.25, -0.2) is 38.8 Å². The minimum absolute atomic E-state index is 0.0163. The summed E-state index contributed by atoms with van der Waals surface area (Å²) < 4.78 is 68.9. The molecule has 286 valence electrons. The van der Waals surface area contributed by atoms with Crippen molar-refractivity contribution in [1.82, 2.24) is 39.0 Å². The average Bonchev–Trinajstić information content (AvgIpc) is 3.80. The normalized spacial score (nSPS) is 30.7. The van der Waals surface area contributed by atoms with Crippen LogP contribution >= 0.6 is 31.6 Å². The molecule has 4 aromatic rings. The van der Waals surface area contributed by atoms with E-state index in [4.69, 9.17) is 30.0 Å². The van der Waals surface area contributed by atoms with Crippen molar-refractivity contribution in [2.24, 2.45) is 0 Å². The third-order valence-corrected chi connectivity index (χ3v) is 14.5. The van der Waals surface area contributed by atoms with Crippen LogP contribution in [0, 0.1) is 0 Å². The Labute approximate surface area is 290 Å². The molecule has 2 fully saturated rings. The summed E-state index contributed by atoms with van der Waals surface area (Å²) in [6.45, 7) is -1.77. The summed E-state index contributed by atoms with van der Waals surface area (Å²) in [4.78, 5) is 66.0. The molecule has 2 aliphatic rings. The van der Waals surface area contributed by atoms with Gasteiger partial charge in [0.05, 0.1) is 34.5 Å². The van der Waals surface area contributed by atoms with Crippen molar-refractivity contribution in [2.45, 2.75) is 49.1 Å². The van der Waals surface area contributed by atoms with Crippen LogP contribution in [0.4, 0.5) is 11.6 Å². The number of nitrogens with two attached hydrogens (primary N) is 2. The number of hydrogen-bond acceptors (Lipinski definition) is 22. The molecular formula is C21H29N10O17P4-. The average molecular weight is 817 g/mol. The Balaban J connectivity index is 0.989. The molecule has 0 aliphatic carbocycles. The summed E-state index contributed by atoms with van der Waals surface area (Å²) in [5, 5.41) is 41.9. The molecule has 31 heteroatoms. The number of nitrogens with zero attached hydrogens (tertiary/aromatic N) is 8. The van der Waals surface area contributed by atoms with E-state index in [1.165, 1.54) is 21.8 Å². The topological polar surface area (TPSA) is 410 Å². The van der Waals surface area contributed by atoms with E-state index in [1.54, 1.807) is 0 Å². The molecule has 11 N–H and O–H groups in total. The SMILES string of the molecule is Nc1ncnc2c1ncn2[C@@H]1O[C@H](COP([O-])OP(=O)(O)OP(=O)(O)CP(=O)(O)OC[C@H]2O[C@@H](n3cnc4c(N)ncnc43)[C@H](O)[C@@H]2O)[C@@H](O)[C@H]1O. The lowest BCUT2D eigenvalue weighted by atomic mass is 10.1. The van der Waals surface area contributed by atoms with E-state index in [-0.39, 0.29) is 34.0 Å². The standard InChI is InChI=1S/C21H29N10O17P4/c22-16-10-18(26-3-24-16)30(5-28-10)20-14(34)12(32)8(45-20)1-43-49(36)47-52(41,42)48-51(39,40)7-50(37,38)44-2-9-13(33)15(35)21(46-9)31-6-29-11-17(23)25-4-27-19(11)31/h3-6,8-9,12-15,20-21,32-35H,1-2,7H2,(H,37,38)(H,39,40)(H,41,42)(H2,22,24,26)(H2,23,25,27)/q-1/t8-,9-,12-,13-,14-,15-,20-,21-,49?/m1/s1. The Bertz CT molecular complexity index is 2080. The molecule has 4 unspecified atom stereocenters. The Morgan fingerprint density at radius 2 is 1.23 bits per heavy atom. The zero-order chi connectivity index (χ0) is 37.7. The monoisotopic (exact) mass is 817 g/mol. The molecule has 6 heterocycles. The van der Waals surface area contributed by atoms with Crippen molar-refractivity contribution in [3.05, 3.63) is 25.3 Å². The minimum Gasteiger partial charge on any atom is -0.786 e. The van der Waals surface area contributed by atoms with Crippen molar-refractivity contribution in [1.29, 1.82) is 0 Å². The van der Waals surface area contributed by atoms with Gasteiger partial charge in [0.25, 0.3) is 0 Å². The number of aliphatic hydroxyl groups is 4. The van der Waals surface area contributed by atoms with Crippen LogP contribution in [-0.4, -0.2) is 130 Å². The molecule has 27 nitrogen and oxygen atoms in total. The Kier molecular flexibility index (Phi) is 11.1. The molecule has 0 bridgehead atoms. The third-order valence-electron chi connectivity index (χ3n) is 7.54. The van der Waals surface area contributed by atoms with Crippen LogP contribution < -0.4 is 16.4 Å². The highest BCUT2D eigenvalue weighted by molar-refractivity contribution is 7.75. The maximum absolute atomic E-state index is 12.6. The van der Waals surface area contributed by atoms with E-state index in [2.05, 4.69) is 38.5 Å². The van der Waals surface area contributed by atoms with Crippen molar-refractivity contribution in [3.63, 3.8) is 0 Å². The number of rotatable bonds is 14. The van der Waals surface area contributed by atoms with Crippen LogP contribution in [0.15, 0.2) is 25.3 Å². The van der Waals surface area contributed by atoms with Gasteiger partial charge in [0.2, 0.25) is 0 Å². The number of phosphoric acid groups is 1. The first kappa shape index (κ1) is 39.0. The molecule has 52 heavy (non-hydrogen) atoms. The zero-order valence-electron chi connectivity index (χ0n) is 25.8. The Morgan fingerprint density at radius 3 is 1.73 bits per heavy atom. The summed E-state index contributed by atoms with van der Waals surface area (Å²) in [5.41, 5.74) is 12.1. The molecule has 4 aromatic heterocycles. The van der Waals surface area contributed by atoms with E-state index in [1.807, 2.05) is 0 Å². The van der Waals surface area contributed by atoms with Gasteiger partial charge in [-0.15, -0.1) is 0 Å². The summed E-state index contributed by atoms with van der Waals surface area (Å²) in [6.07, 6.45) is -7.53. The van der Waals surface area contributed by atoms with Gasteiger partial charge < -0.3 is 70.0 Å². The van der Waals surface area contributed by atoms with Crippen molar-refractivity contribution in [3.8, 4) is 0 Å². The highest BCUT2D eigenvalue weighted by Crippen LogP contribution is 2.68. The van der Waals surface area contributed by atoms with Gasteiger partial charge in [-0.3, -0.25) is 22.6 Å². The van der Waals surface area contributed by atoms with Gasteiger partial charge in [-0.05, 0) is 0 Å². The maximum atomic E-state index is 12.6. The predicted octanol–water partition coefficient (Wildman–Crippen LogP) is -2.85. The fourth-order valence-electron chi connectivity index (χ4n) is 5.21. The minimum atomic E-state index is -5.77. The van der Waals surface area contributed by atoms with Gasteiger partial charge in [0, 0.05) is 0 Å². The van der Waals surface area contributed by atoms with E-state index >= 15 is 0 Å². The summed E-state index contributed by atoms with van der Waals surface area (Å²) in [5.74, 6) is -1.76. The molecule has 2 aliphatic heterocycles. The number of aliphatic hydroxyl groups excluding tert-OH is 4. The van der Waals surface area contributed by atoms with Crippen LogP contribution in [0.2, 0.25) is 0 Å². The fourth-order valence-corrected chi connectivity index (χ4v) is 11.2. The van der Waals surface area contributed by atoms with E-state index in [0.29, 0.717) is 0 Å². The first-order valence-corrected chi connectivity index (χ1v) is 20.5. The van der Waals surface area contributed by atoms with Gasteiger partial charge >= 0.3 is 23.0 Å². The summed E-state index contributed by atoms with van der Waals surface area (Å²) >= 11 is 0. The maximum Gasteiger partial charge on any atom is 0.483 e. The largest absolute Gasteiger partial charge is 0.786 e. The first-order chi connectivity index (χ1) is 24.4. The smallest absolute Gasteiger partial charge is 0.483 e. The van der Waals surface area contributed by atoms with Crippen molar-refractivity contribution < 1.29 is 80.8 Å². The van der Waals surface area contributed by atoms with Crippen LogP contribution in [0.25, 0.3) is 22.3 Å². The van der Waals surface area contributed by atoms with Crippen LogP contribution in [0.5, 0.6) is 0 Å². The Hall–Kier alpha value is -2.74. The molecular weight excluding hydrogens is 788 g/mol. The molecule has 0 saturated carbocycles. The van der Waals surface area contributed by atoms with Crippen molar-refractivity contribution >= 4 is 65.6 Å². The molecule has 12 atom stereocenters. The lowest BCUT2D eigenvalue weighted by Gasteiger charge is -2.26. The number of fused-ring (bicyclic) bond motifs is 2. The van der Waals surface area contributed by atoms with Crippen LogP contribution in [0.3, 0.4) is 0 Å². The molecule has 2 saturated heterocycles. The number of ether oxygens (including phenoxy) is 2. The molecule has 0 spiro atoms. The number of nitrogen functional groups attached to an aromatic ring is 2.